The molecule has 0 aliphatic heterocycles. The molecule has 170 valence electrons. The Kier molecular flexibility index (Phi) is 7.80. The Morgan fingerprint density at radius 1 is 1.16 bits per heavy atom. The topological polar surface area (TPSA) is 85.4 Å². The Morgan fingerprint density at radius 2 is 1.88 bits per heavy atom. The van der Waals surface area contributed by atoms with Crippen molar-refractivity contribution in [1.29, 1.82) is 0 Å². The fourth-order valence-corrected chi connectivity index (χ4v) is 4.38. The van der Waals surface area contributed by atoms with E-state index in [0.29, 0.717) is 33.2 Å². The number of carbonyl (C=O) groups is 1. The number of alkyl halides is 3. The van der Waals surface area contributed by atoms with Crippen LogP contribution in [0, 0.1) is 0 Å². The monoisotopic (exact) mass is 484 g/mol. The Hall–Kier alpha value is -2.99. The molecule has 0 bridgehead atoms. The van der Waals surface area contributed by atoms with Gasteiger partial charge in [-0.25, -0.2) is 0 Å². The molecule has 0 spiro atoms. The number of anilines is 3. The van der Waals surface area contributed by atoms with Gasteiger partial charge >= 0.3 is 6.36 Å². The van der Waals surface area contributed by atoms with Crippen molar-refractivity contribution < 1.29 is 27.4 Å². The van der Waals surface area contributed by atoms with Crippen molar-refractivity contribution in [3.63, 3.8) is 0 Å². The van der Waals surface area contributed by atoms with Crippen molar-refractivity contribution in [1.82, 2.24) is 10.2 Å². The highest BCUT2D eigenvalue weighted by atomic mass is 32.2. The van der Waals surface area contributed by atoms with Crippen molar-refractivity contribution in [2.45, 2.75) is 29.8 Å². The number of carbonyl (C=O) groups excluding carboxylic acids is 1. The molecule has 0 saturated carbocycles. The summed E-state index contributed by atoms with van der Waals surface area (Å²) in [5, 5.41) is 13.8. The summed E-state index contributed by atoms with van der Waals surface area (Å²) in [5.74, 6) is 0.0593. The van der Waals surface area contributed by atoms with Crippen molar-refractivity contribution >= 4 is 45.5 Å². The van der Waals surface area contributed by atoms with Crippen LogP contribution in [0.1, 0.15) is 13.8 Å². The van der Waals surface area contributed by atoms with Gasteiger partial charge in [0.1, 0.15) is 11.5 Å². The van der Waals surface area contributed by atoms with Crippen LogP contribution in [0.5, 0.6) is 11.5 Å². The van der Waals surface area contributed by atoms with Gasteiger partial charge in [-0.1, -0.05) is 35.2 Å². The van der Waals surface area contributed by atoms with Crippen LogP contribution in [-0.2, 0) is 4.79 Å². The third-order valence-corrected chi connectivity index (χ3v) is 5.86. The highest BCUT2D eigenvalue weighted by molar-refractivity contribution is 8.02. The second-order valence-corrected chi connectivity index (χ2v) is 8.81. The molecule has 3 aromatic rings. The van der Waals surface area contributed by atoms with Gasteiger partial charge in [0.2, 0.25) is 11.0 Å². The Morgan fingerprint density at radius 3 is 2.56 bits per heavy atom. The van der Waals surface area contributed by atoms with Crippen LogP contribution in [0.15, 0.2) is 52.9 Å². The van der Waals surface area contributed by atoms with E-state index in [1.165, 1.54) is 47.4 Å². The number of aromatic nitrogens is 2. The molecule has 0 saturated heterocycles. The second-order valence-electron chi connectivity index (χ2n) is 6.25. The molecule has 0 radical (unpaired) electrons. The molecule has 7 nitrogen and oxygen atoms in total. The van der Waals surface area contributed by atoms with E-state index >= 15 is 0 Å². The number of ether oxygens (including phenoxy) is 2. The number of thioether (sulfide) groups is 1. The zero-order chi connectivity index (χ0) is 23.1. The quantitative estimate of drug-likeness (QED) is 0.377. The van der Waals surface area contributed by atoms with Crippen LogP contribution in [0.2, 0.25) is 0 Å². The van der Waals surface area contributed by atoms with Crippen LogP contribution in [0.25, 0.3) is 0 Å². The molecule has 2 N–H and O–H groups in total. The van der Waals surface area contributed by atoms with E-state index in [1.54, 1.807) is 25.1 Å². The molecule has 1 heterocycles. The van der Waals surface area contributed by atoms with Gasteiger partial charge in [0.25, 0.3) is 0 Å². The van der Waals surface area contributed by atoms with Gasteiger partial charge in [0, 0.05) is 5.69 Å². The predicted octanol–water partition coefficient (Wildman–Crippen LogP) is 5.70. The van der Waals surface area contributed by atoms with Gasteiger partial charge in [0.15, 0.2) is 4.34 Å². The van der Waals surface area contributed by atoms with E-state index in [1.807, 2.05) is 13.0 Å². The van der Waals surface area contributed by atoms with Gasteiger partial charge in [-0.3, -0.25) is 4.79 Å². The molecular weight excluding hydrogens is 465 g/mol. The number of halogens is 3. The number of hydrogen-bond donors (Lipinski definition) is 2. The Labute approximate surface area is 190 Å². The minimum absolute atomic E-state index is 0.216. The maximum atomic E-state index is 12.6. The van der Waals surface area contributed by atoms with Crippen molar-refractivity contribution in [2.24, 2.45) is 0 Å². The average molecular weight is 485 g/mol. The van der Waals surface area contributed by atoms with E-state index < -0.39 is 11.6 Å². The number of nitrogens with zero attached hydrogens (tertiary/aromatic N) is 2. The first-order chi connectivity index (χ1) is 15.2. The standard InChI is InChI=1S/C20H19F3N4O3S2/c1-3-29-16-7-5-4-6-15(16)25-17(28)12(2)31-19-27-26-18(32-19)24-13-8-10-14(11-9-13)30-20(21,22)23/h4-12H,3H2,1-2H3,(H,24,26)(H,25,28). The molecule has 1 aromatic heterocycles. The minimum Gasteiger partial charge on any atom is -0.492 e. The van der Waals surface area contributed by atoms with E-state index in [9.17, 15) is 18.0 Å². The van der Waals surface area contributed by atoms with Crippen molar-refractivity contribution in [3.05, 3.63) is 48.5 Å². The number of rotatable bonds is 9. The molecule has 3 rings (SSSR count). The summed E-state index contributed by atoms with van der Waals surface area (Å²) in [4.78, 5) is 12.6. The summed E-state index contributed by atoms with van der Waals surface area (Å²) in [5.41, 5.74) is 1.11. The Balaban J connectivity index is 1.56. The van der Waals surface area contributed by atoms with Gasteiger partial charge < -0.3 is 20.1 Å². The summed E-state index contributed by atoms with van der Waals surface area (Å²) in [6.07, 6.45) is -4.74. The lowest BCUT2D eigenvalue weighted by atomic mass is 10.3. The molecule has 32 heavy (non-hydrogen) atoms. The fourth-order valence-electron chi connectivity index (χ4n) is 2.46. The van der Waals surface area contributed by atoms with Crippen LogP contribution >= 0.6 is 23.1 Å². The van der Waals surface area contributed by atoms with E-state index in [2.05, 4.69) is 25.6 Å². The summed E-state index contributed by atoms with van der Waals surface area (Å²) in [6.45, 7) is 4.09. The van der Waals surface area contributed by atoms with Crippen LogP contribution in [-0.4, -0.2) is 34.3 Å². The smallest absolute Gasteiger partial charge is 0.492 e. The van der Waals surface area contributed by atoms with Gasteiger partial charge in [-0.15, -0.1) is 23.4 Å². The molecule has 2 aromatic carbocycles. The van der Waals surface area contributed by atoms with Crippen molar-refractivity contribution in [3.8, 4) is 11.5 Å². The summed E-state index contributed by atoms with van der Waals surface area (Å²) in [6, 6.07) is 12.4. The lowest BCUT2D eigenvalue weighted by Crippen LogP contribution is -2.22. The zero-order valence-electron chi connectivity index (χ0n) is 17.0. The Bertz CT molecular complexity index is 1050. The van der Waals surface area contributed by atoms with Crippen LogP contribution < -0.4 is 20.1 Å². The average Bonchev–Trinajstić information content (AvgIpc) is 3.16. The lowest BCUT2D eigenvalue weighted by Gasteiger charge is -2.13. The van der Waals surface area contributed by atoms with E-state index in [0.717, 1.165) is 0 Å². The molecule has 1 unspecified atom stereocenters. The summed E-state index contributed by atoms with van der Waals surface area (Å²) >= 11 is 2.46. The maximum Gasteiger partial charge on any atom is 0.573 e. The van der Waals surface area contributed by atoms with Gasteiger partial charge in [0.05, 0.1) is 17.5 Å². The highest BCUT2D eigenvalue weighted by Gasteiger charge is 2.31. The normalized spacial score (nSPS) is 12.2. The summed E-state index contributed by atoms with van der Waals surface area (Å²) < 4.78 is 46.6. The SMILES string of the molecule is CCOc1ccccc1NC(=O)C(C)Sc1nnc(Nc2ccc(OC(F)(F)F)cc2)s1. The maximum absolute atomic E-state index is 12.6. The van der Waals surface area contributed by atoms with Crippen molar-refractivity contribution in [2.75, 3.05) is 17.2 Å². The number of amides is 1. The largest absolute Gasteiger partial charge is 0.573 e. The van der Waals surface area contributed by atoms with Gasteiger partial charge in [-0.05, 0) is 50.2 Å². The minimum atomic E-state index is -4.74. The molecule has 12 heteroatoms. The number of nitrogens with one attached hydrogen (secondary N) is 2. The third kappa shape index (κ3) is 7.02. The molecular formula is C20H19F3N4O3S2. The van der Waals surface area contributed by atoms with E-state index in [4.69, 9.17) is 4.74 Å². The first-order valence-electron chi connectivity index (χ1n) is 9.39. The van der Waals surface area contributed by atoms with Crippen LogP contribution in [0.3, 0.4) is 0 Å². The number of hydrogen-bond acceptors (Lipinski definition) is 8. The molecule has 0 fully saturated rings. The molecule has 0 aliphatic carbocycles. The first-order valence-corrected chi connectivity index (χ1v) is 11.1. The molecule has 0 aliphatic rings. The predicted molar refractivity (Wildman–Crippen MR) is 118 cm³/mol. The fraction of sp³-hybridized carbons (Fsp3) is 0.250. The van der Waals surface area contributed by atoms with Gasteiger partial charge in [-0.2, -0.15) is 0 Å². The zero-order valence-corrected chi connectivity index (χ0v) is 18.6. The number of para-hydroxylation sites is 2. The highest BCUT2D eigenvalue weighted by Crippen LogP contribution is 2.32. The lowest BCUT2D eigenvalue weighted by molar-refractivity contribution is -0.274. The third-order valence-electron chi connectivity index (χ3n) is 3.84. The number of benzene rings is 2. The molecule has 1 amide bonds. The second kappa shape index (κ2) is 10.6. The molecule has 1 atom stereocenters. The summed E-state index contributed by atoms with van der Waals surface area (Å²) in [7, 11) is 0. The van der Waals surface area contributed by atoms with Crippen LogP contribution in [0.4, 0.5) is 29.7 Å². The van der Waals surface area contributed by atoms with E-state index in [-0.39, 0.29) is 11.7 Å². The first kappa shape index (κ1) is 23.7.